The third kappa shape index (κ3) is 4.93. The van der Waals surface area contributed by atoms with Crippen LogP contribution in [0.15, 0.2) is 0 Å². The Balaban J connectivity index is 2.29. The van der Waals surface area contributed by atoms with Gasteiger partial charge in [0.2, 0.25) is 5.91 Å². The van der Waals surface area contributed by atoms with E-state index in [-0.39, 0.29) is 0 Å². The van der Waals surface area contributed by atoms with Gasteiger partial charge in [-0.2, -0.15) is 13.2 Å². The van der Waals surface area contributed by atoms with Gasteiger partial charge in [-0.25, -0.2) is 0 Å². The summed E-state index contributed by atoms with van der Waals surface area (Å²) in [6, 6.07) is -0.516. The van der Waals surface area contributed by atoms with Gasteiger partial charge in [-0.05, 0) is 32.7 Å². The van der Waals surface area contributed by atoms with Crippen LogP contribution in [-0.2, 0) is 4.79 Å². The molecule has 6 heteroatoms. The zero-order valence-electron chi connectivity index (χ0n) is 10.2. The van der Waals surface area contributed by atoms with E-state index in [2.05, 4.69) is 0 Å². The molecule has 0 aromatic carbocycles. The standard InChI is InChI=1S/C11H19F3N2O/c1-8(10(17)15-7-11(12,13)14)16(2)6-9-4-3-5-9/h8-9H,3-7H2,1-2H3,(H,15,17). The molecule has 0 aromatic heterocycles. The van der Waals surface area contributed by atoms with Crippen molar-refractivity contribution in [3.05, 3.63) is 0 Å². The van der Waals surface area contributed by atoms with Crippen molar-refractivity contribution in [1.29, 1.82) is 0 Å². The summed E-state index contributed by atoms with van der Waals surface area (Å²) in [6.07, 6.45) is -0.822. The molecule has 1 saturated carbocycles. The number of carbonyl (C=O) groups excluding carboxylic acids is 1. The fourth-order valence-electron chi connectivity index (χ4n) is 1.78. The van der Waals surface area contributed by atoms with Crippen molar-refractivity contribution in [1.82, 2.24) is 10.2 Å². The van der Waals surface area contributed by atoms with Crippen LogP contribution in [0, 0.1) is 5.92 Å². The highest BCUT2D eigenvalue weighted by atomic mass is 19.4. The molecule has 1 aliphatic rings. The van der Waals surface area contributed by atoms with Crippen LogP contribution in [0.25, 0.3) is 0 Å². The predicted molar refractivity (Wildman–Crippen MR) is 58.5 cm³/mol. The van der Waals surface area contributed by atoms with E-state index in [0.717, 1.165) is 19.4 Å². The van der Waals surface area contributed by atoms with Crippen molar-refractivity contribution in [3.8, 4) is 0 Å². The van der Waals surface area contributed by atoms with Crippen LogP contribution in [0.4, 0.5) is 13.2 Å². The van der Waals surface area contributed by atoms with E-state index in [0.29, 0.717) is 5.92 Å². The zero-order valence-corrected chi connectivity index (χ0v) is 10.2. The van der Waals surface area contributed by atoms with E-state index in [1.165, 1.54) is 6.42 Å². The lowest BCUT2D eigenvalue weighted by atomic mass is 9.85. The van der Waals surface area contributed by atoms with Crippen LogP contribution < -0.4 is 5.32 Å². The van der Waals surface area contributed by atoms with Gasteiger partial charge in [-0.1, -0.05) is 6.42 Å². The molecule has 0 aliphatic heterocycles. The number of amides is 1. The maximum Gasteiger partial charge on any atom is 0.405 e. The average molecular weight is 252 g/mol. The summed E-state index contributed by atoms with van der Waals surface area (Å²) in [7, 11) is 1.77. The average Bonchev–Trinajstić information content (AvgIpc) is 2.17. The molecular weight excluding hydrogens is 233 g/mol. The van der Waals surface area contributed by atoms with Crippen molar-refractivity contribution in [2.24, 2.45) is 5.92 Å². The van der Waals surface area contributed by atoms with Gasteiger partial charge in [0.1, 0.15) is 6.54 Å². The summed E-state index contributed by atoms with van der Waals surface area (Å²) >= 11 is 0. The summed E-state index contributed by atoms with van der Waals surface area (Å²) in [5.41, 5.74) is 0. The number of nitrogens with one attached hydrogen (secondary N) is 1. The van der Waals surface area contributed by atoms with Gasteiger partial charge in [0.25, 0.3) is 0 Å². The van der Waals surface area contributed by atoms with Gasteiger partial charge >= 0.3 is 6.18 Å². The van der Waals surface area contributed by atoms with E-state index in [9.17, 15) is 18.0 Å². The minimum Gasteiger partial charge on any atom is -0.346 e. The highest BCUT2D eigenvalue weighted by molar-refractivity contribution is 5.81. The molecule has 0 saturated heterocycles. The molecule has 100 valence electrons. The Kier molecular flexibility index (Phi) is 4.80. The number of alkyl halides is 3. The lowest BCUT2D eigenvalue weighted by Gasteiger charge is -2.32. The van der Waals surface area contributed by atoms with E-state index >= 15 is 0 Å². The molecule has 0 spiro atoms. The molecule has 1 fully saturated rings. The Morgan fingerprint density at radius 1 is 1.47 bits per heavy atom. The predicted octanol–water partition coefficient (Wildman–Crippen LogP) is 1.79. The summed E-state index contributed by atoms with van der Waals surface area (Å²) in [6.45, 7) is 1.15. The first-order valence-electron chi connectivity index (χ1n) is 5.84. The lowest BCUT2D eigenvalue weighted by molar-refractivity contribution is -0.141. The molecular formula is C11H19F3N2O. The molecule has 0 heterocycles. The largest absolute Gasteiger partial charge is 0.405 e. The van der Waals surface area contributed by atoms with Crippen molar-refractivity contribution in [2.75, 3.05) is 20.1 Å². The van der Waals surface area contributed by atoms with Gasteiger partial charge < -0.3 is 5.32 Å². The summed E-state index contributed by atoms with van der Waals surface area (Å²) in [5.74, 6) is 0.0296. The number of carbonyl (C=O) groups is 1. The number of rotatable bonds is 5. The maximum absolute atomic E-state index is 11.9. The highest BCUT2D eigenvalue weighted by Gasteiger charge is 2.30. The lowest BCUT2D eigenvalue weighted by Crippen LogP contribution is -2.47. The fraction of sp³-hybridized carbons (Fsp3) is 0.909. The molecule has 0 aromatic rings. The molecule has 1 unspecified atom stereocenters. The first-order valence-corrected chi connectivity index (χ1v) is 5.84. The normalized spacial score (nSPS) is 18.9. The van der Waals surface area contributed by atoms with Crippen molar-refractivity contribution >= 4 is 5.91 Å². The Morgan fingerprint density at radius 3 is 2.47 bits per heavy atom. The van der Waals surface area contributed by atoms with Gasteiger partial charge in [0.15, 0.2) is 0 Å². The van der Waals surface area contributed by atoms with Crippen LogP contribution in [0.1, 0.15) is 26.2 Å². The Morgan fingerprint density at radius 2 is 2.06 bits per heavy atom. The van der Waals surface area contributed by atoms with E-state index < -0.39 is 24.7 Å². The van der Waals surface area contributed by atoms with Crippen LogP contribution in [0.5, 0.6) is 0 Å². The monoisotopic (exact) mass is 252 g/mol. The molecule has 1 amide bonds. The van der Waals surface area contributed by atoms with Crippen LogP contribution in [0.3, 0.4) is 0 Å². The molecule has 1 rings (SSSR count). The molecule has 0 radical (unpaired) electrons. The first-order chi connectivity index (χ1) is 7.79. The molecule has 1 N–H and O–H groups in total. The quantitative estimate of drug-likeness (QED) is 0.809. The molecule has 1 aliphatic carbocycles. The SMILES string of the molecule is CC(C(=O)NCC(F)(F)F)N(C)CC1CCC1. The highest BCUT2D eigenvalue weighted by Crippen LogP contribution is 2.27. The third-order valence-corrected chi connectivity index (χ3v) is 3.27. The smallest absolute Gasteiger partial charge is 0.346 e. The van der Waals surface area contributed by atoms with Crippen LogP contribution >= 0.6 is 0 Å². The minimum atomic E-state index is -4.35. The third-order valence-electron chi connectivity index (χ3n) is 3.27. The number of nitrogens with zero attached hydrogens (tertiary/aromatic N) is 1. The van der Waals surface area contributed by atoms with E-state index in [1.54, 1.807) is 14.0 Å². The van der Waals surface area contributed by atoms with Gasteiger partial charge in [0, 0.05) is 6.54 Å². The second-order valence-electron chi connectivity index (χ2n) is 4.75. The summed E-state index contributed by atoms with van der Waals surface area (Å²) in [5, 5.41) is 1.91. The summed E-state index contributed by atoms with van der Waals surface area (Å²) < 4.78 is 35.8. The minimum absolute atomic E-state index is 0.516. The van der Waals surface area contributed by atoms with Crippen LogP contribution in [-0.4, -0.2) is 43.2 Å². The second-order valence-corrected chi connectivity index (χ2v) is 4.75. The van der Waals surface area contributed by atoms with Crippen LogP contribution in [0.2, 0.25) is 0 Å². The number of hydrogen-bond donors (Lipinski definition) is 1. The Labute approximate surface area is 99.4 Å². The Hall–Kier alpha value is -0.780. The van der Waals surface area contributed by atoms with E-state index in [1.807, 2.05) is 10.2 Å². The molecule has 17 heavy (non-hydrogen) atoms. The van der Waals surface area contributed by atoms with Crippen molar-refractivity contribution < 1.29 is 18.0 Å². The van der Waals surface area contributed by atoms with Gasteiger partial charge in [-0.3, -0.25) is 9.69 Å². The molecule has 1 atom stereocenters. The second kappa shape index (κ2) is 5.71. The van der Waals surface area contributed by atoms with Gasteiger partial charge in [-0.15, -0.1) is 0 Å². The molecule has 3 nitrogen and oxygen atoms in total. The van der Waals surface area contributed by atoms with Gasteiger partial charge in [0.05, 0.1) is 6.04 Å². The fourth-order valence-corrected chi connectivity index (χ4v) is 1.78. The number of halogens is 3. The first kappa shape index (κ1) is 14.3. The van der Waals surface area contributed by atoms with Crippen molar-refractivity contribution in [3.63, 3.8) is 0 Å². The summed E-state index contributed by atoms with van der Waals surface area (Å²) in [4.78, 5) is 13.3. The topological polar surface area (TPSA) is 32.3 Å². The molecule has 0 bridgehead atoms. The number of likely N-dealkylation sites (N-methyl/N-ethyl adjacent to an activating group) is 1. The van der Waals surface area contributed by atoms with E-state index in [4.69, 9.17) is 0 Å². The maximum atomic E-state index is 11.9. The van der Waals surface area contributed by atoms with Crippen molar-refractivity contribution in [2.45, 2.75) is 38.4 Å². The Bertz CT molecular complexity index is 264. The zero-order chi connectivity index (χ0) is 13.1. The number of hydrogen-bond acceptors (Lipinski definition) is 2.